The molecule has 1 amide bonds. The number of hydrogen-bond acceptors (Lipinski definition) is 2. The molecule has 0 saturated carbocycles. The van der Waals surface area contributed by atoms with E-state index in [2.05, 4.69) is 5.92 Å². The lowest BCUT2D eigenvalue weighted by atomic mass is 9.74. The van der Waals surface area contributed by atoms with Gasteiger partial charge in [0.2, 0.25) is 5.91 Å². The van der Waals surface area contributed by atoms with Crippen molar-refractivity contribution in [1.29, 1.82) is 0 Å². The number of aliphatic carboxylic acids is 1. The molecular weight excluding hydrogens is 230 g/mol. The van der Waals surface area contributed by atoms with Crippen molar-refractivity contribution in [2.75, 3.05) is 13.1 Å². The van der Waals surface area contributed by atoms with E-state index in [1.54, 1.807) is 18.7 Å². The normalized spacial score (nSPS) is 20.3. The van der Waals surface area contributed by atoms with E-state index in [1.807, 2.05) is 0 Å². The van der Waals surface area contributed by atoms with E-state index in [1.165, 1.54) is 0 Å². The number of amides is 1. The van der Waals surface area contributed by atoms with Gasteiger partial charge in [0.25, 0.3) is 0 Å². The lowest BCUT2D eigenvalue weighted by molar-refractivity contribution is -0.153. The Morgan fingerprint density at radius 3 is 2.72 bits per heavy atom. The monoisotopic (exact) mass is 251 g/mol. The van der Waals surface area contributed by atoms with Gasteiger partial charge in [0.15, 0.2) is 0 Å². The second-order valence-electron chi connectivity index (χ2n) is 5.41. The van der Waals surface area contributed by atoms with Gasteiger partial charge in [0.1, 0.15) is 0 Å². The van der Waals surface area contributed by atoms with Crippen LogP contribution >= 0.6 is 0 Å². The third-order valence-electron chi connectivity index (χ3n) is 3.83. The fourth-order valence-corrected chi connectivity index (χ4v) is 2.30. The van der Waals surface area contributed by atoms with Crippen LogP contribution < -0.4 is 0 Å². The predicted octanol–water partition coefficient (Wildman–Crippen LogP) is 1.75. The SMILES string of the molecule is C#CCCC(=O)N1CCCC(C(C)(C)C(=O)O)C1. The fourth-order valence-electron chi connectivity index (χ4n) is 2.30. The van der Waals surface area contributed by atoms with Crippen molar-refractivity contribution in [3.8, 4) is 12.3 Å². The molecule has 0 aromatic heterocycles. The van der Waals surface area contributed by atoms with E-state index < -0.39 is 11.4 Å². The Morgan fingerprint density at radius 1 is 1.50 bits per heavy atom. The number of hydrogen-bond donors (Lipinski definition) is 1. The van der Waals surface area contributed by atoms with Crippen molar-refractivity contribution in [3.63, 3.8) is 0 Å². The smallest absolute Gasteiger partial charge is 0.309 e. The van der Waals surface area contributed by atoms with Gasteiger partial charge in [-0.2, -0.15) is 0 Å². The highest BCUT2D eigenvalue weighted by atomic mass is 16.4. The molecule has 1 saturated heterocycles. The number of carbonyl (C=O) groups excluding carboxylic acids is 1. The van der Waals surface area contributed by atoms with Gasteiger partial charge in [0.05, 0.1) is 5.41 Å². The zero-order valence-corrected chi connectivity index (χ0v) is 11.1. The first-order chi connectivity index (χ1) is 8.39. The van der Waals surface area contributed by atoms with Crippen LogP contribution in [0.3, 0.4) is 0 Å². The molecule has 1 aliphatic rings. The summed E-state index contributed by atoms with van der Waals surface area (Å²) in [5.41, 5.74) is -0.787. The van der Waals surface area contributed by atoms with Crippen LogP contribution in [0.1, 0.15) is 39.5 Å². The molecule has 0 spiro atoms. The van der Waals surface area contributed by atoms with Crippen LogP contribution in [0.2, 0.25) is 0 Å². The van der Waals surface area contributed by atoms with Gasteiger partial charge in [-0.25, -0.2) is 0 Å². The van der Waals surface area contributed by atoms with E-state index >= 15 is 0 Å². The number of carboxylic acids is 1. The number of carbonyl (C=O) groups is 2. The van der Waals surface area contributed by atoms with Crippen molar-refractivity contribution in [3.05, 3.63) is 0 Å². The van der Waals surface area contributed by atoms with Gasteiger partial charge in [-0.15, -0.1) is 12.3 Å². The Morgan fingerprint density at radius 2 is 2.17 bits per heavy atom. The minimum atomic E-state index is -0.801. The molecule has 18 heavy (non-hydrogen) atoms. The summed E-state index contributed by atoms with van der Waals surface area (Å²) in [7, 11) is 0. The van der Waals surface area contributed by atoms with E-state index in [0.717, 1.165) is 19.4 Å². The van der Waals surface area contributed by atoms with Crippen LogP contribution in [-0.4, -0.2) is 35.0 Å². The molecule has 1 rings (SSSR count). The first kappa shape index (κ1) is 14.6. The first-order valence-corrected chi connectivity index (χ1v) is 6.34. The number of piperidine rings is 1. The van der Waals surface area contributed by atoms with Gasteiger partial charge >= 0.3 is 5.97 Å². The molecule has 0 radical (unpaired) electrons. The average molecular weight is 251 g/mol. The van der Waals surface area contributed by atoms with Crippen LogP contribution in [0, 0.1) is 23.7 Å². The standard InChI is InChI=1S/C14H21NO3/c1-4-5-8-12(16)15-9-6-7-11(10-15)14(2,3)13(17)18/h1,11H,5-10H2,2-3H3,(H,17,18). The number of likely N-dealkylation sites (tertiary alicyclic amines) is 1. The number of rotatable bonds is 4. The molecule has 4 heteroatoms. The first-order valence-electron chi connectivity index (χ1n) is 6.34. The van der Waals surface area contributed by atoms with E-state index in [0.29, 0.717) is 19.4 Å². The predicted molar refractivity (Wildman–Crippen MR) is 68.8 cm³/mol. The largest absolute Gasteiger partial charge is 0.481 e. The maximum Gasteiger partial charge on any atom is 0.309 e. The second kappa shape index (κ2) is 5.90. The van der Waals surface area contributed by atoms with Crippen LogP contribution in [0.15, 0.2) is 0 Å². The summed E-state index contributed by atoms with van der Waals surface area (Å²) < 4.78 is 0. The van der Waals surface area contributed by atoms with Crippen LogP contribution in [-0.2, 0) is 9.59 Å². The molecule has 4 nitrogen and oxygen atoms in total. The Kier molecular flexibility index (Phi) is 4.77. The lowest BCUT2D eigenvalue weighted by Gasteiger charge is -2.39. The summed E-state index contributed by atoms with van der Waals surface area (Å²) in [5.74, 6) is 1.71. The van der Waals surface area contributed by atoms with Crippen LogP contribution in [0.25, 0.3) is 0 Å². The summed E-state index contributed by atoms with van der Waals surface area (Å²) in [6, 6.07) is 0. The molecule has 0 bridgehead atoms. The molecular formula is C14H21NO3. The van der Waals surface area contributed by atoms with Gasteiger partial charge in [-0.05, 0) is 32.6 Å². The molecule has 1 unspecified atom stereocenters. The number of terminal acetylenes is 1. The Balaban J connectivity index is 2.64. The number of nitrogens with zero attached hydrogens (tertiary/aromatic N) is 1. The molecule has 0 aliphatic carbocycles. The highest BCUT2D eigenvalue weighted by Gasteiger charge is 2.39. The van der Waals surface area contributed by atoms with Crippen molar-refractivity contribution in [2.24, 2.45) is 11.3 Å². The Hall–Kier alpha value is -1.50. The topological polar surface area (TPSA) is 57.6 Å². The van der Waals surface area contributed by atoms with E-state index in [9.17, 15) is 14.7 Å². The maximum atomic E-state index is 11.9. The molecule has 1 heterocycles. The van der Waals surface area contributed by atoms with E-state index in [-0.39, 0.29) is 11.8 Å². The Labute approximate surface area is 108 Å². The quantitative estimate of drug-likeness (QED) is 0.774. The van der Waals surface area contributed by atoms with Crippen LogP contribution in [0.5, 0.6) is 0 Å². The van der Waals surface area contributed by atoms with Crippen molar-refractivity contribution < 1.29 is 14.7 Å². The van der Waals surface area contributed by atoms with Gasteiger partial charge in [0, 0.05) is 25.9 Å². The average Bonchev–Trinajstić information content (AvgIpc) is 2.35. The summed E-state index contributed by atoms with van der Waals surface area (Å²) >= 11 is 0. The zero-order chi connectivity index (χ0) is 13.8. The van der Waals surface area contributed by atoms with Crippen molar-refractivity contribution in [2.45, 2.75) is 39.5 Å². The summed E-state index contributed by atoms with van der Waals surface area (Å²) in [4.78, 5) is 24.9. The van der Waals surface area contributed by atoms with Crippen molar-refractivity contribution >= 4 is 11.9 Å². The van der Waals surface area contributed by atoms with Gasteiger partial charge < -0.3 is 10.0 Å². The van der Waals surface area contributed by atoms with E-state index in [4.69, 9.17) is 6.42 Å². The molecule has 1 atom stereocenters. The minimum Gasteiger partial charge on any atom is -0.481 e. The molecule has 0 aromatic rings. The summed E-state index contributed by atoms with van der Waals surface area (Å²) in [6.07, 6.45) is 7.67. The molecule has 1 aliphatic heterocycles. The number of carboxylic acid groups (broad SMARTS) is 1. The molecule has 1 fully saturated rings. The van der Waals surface area contributed by atoms with Gasteiger partial charge in [-0.3, -0.25) is 9.59 Å². The highest BCUT2D eigenvalue weighted by Crippen LogP contribution is 2.34. The third kappa shape index (κ3) is 3.25. The second-order valence-corrected chi connectivity index (χ2v) is 5.41. The van der Waals surface area contributed by atoms with Crippen molar-refractivity contribution in [1.82, 2.24) is 4.90 Å². The molecule has 1 N–H and O–H groups in total. The lowest BCUT2D eigenvalue weighted by Crippen LogP contribution is -2.46. The molecule has 0 aromatic carbocycles. The summed E-state index contributed by atoms with van der Waals surface area (Å²) in [5, 5.41) is 9.23. The third-order valence-corrected chi connectivity index (χ3v) is 3.83. The highest BCUT2D eigenvalue weighted by molar-refractivity contribution is 5.77. The minimum absolute atomic E-state index is 0.0125. The summed E-state index contributed by atoms with van der Waals surface area (Å²) in [6.45, 7) is 4.71. The maximum absolute atomic E-state index is 11.9. The van der Waals surface area contributed by atoms with Crippen LogP contribution in [0.4, 0.5) is 0 Å². The fraction of sp³-hybridized carbons (Fsp3) is 0.714. The zero-order valence-electron chi connectivity index (χ0n) is 11.1. The Bertz CT molecular complexity index is 368. The molecule has 100 valence electrons. The van der Waals surface area contributed by atoms with Gasteiger partial charge in [-0.1, -0.05) is 0 Å².